The molecule has 6 atom stereocenters. The first-order valence-corrected chi connectivity index (χ1v) is 21.0. The van der Waals surface area contributed by atoms with Crippen molar-refractivity contribution >= 4 is 44.9 Å². The molecule has 6 aromatic heterocycles. The Morgan fingerprint density at radius 1 is 0.603 bits per heavy atom. The summed E-state index contributed by atoms with van der Waals surface area (Å²) >= 11 is 0. The molecule has 2 N–H and O–H groups in total. The Morgan fingerprint density at radius 3 is 1.34 bits per heavy atom. The van der Waals surface area contributed by atoms with Gasteiger partial charge in [-0.3, -0.25) is 29.1 Å². The van der Waals surface area contributed by atoms with Crippen LogP contribution in [0.3, 0.4) is 0 Å². The minimum atomic E-state index is -0.0338. The molecule has 58 heavy (non-hydrogen) atoms. The second-order valence-corrected chi connectivity index (χ2v) is 16.3. The lowest BCUT2D eigenvalue weighted by molar-refractivity contribution is 0.0961. The zero-order chi connectivity index (χ0) is 41.1. The van der Waals surface area contributed by atoms with Gasteiger partial charge in [0.15, 0.2) is 23.1 Å². The number of carbonyl (C=O) groups is 4. The van der Waals surface area contributed by atoms with Crippen LogP contribution in [0.4, 0.5) is 0 Å². The lowest BCUT2D eigenvalue weighted by Crippen LogP contribution is -2.12. The molecule has 0 amide bonds. The van der Waals surface area contributed by atoms with E-state index in [4.69, 9.17) is 9.97 Å². The fraction of sp³-hybridized carbons (Fsp3) is 0.417. The minimum absolute atomic E-state index is 0.0296. The topological polar surface area (TPSA) is 151 Å². The maximum absolute atomic E-state index is 12.9. The van der Waals surface area contributed by atoms with E-state index in [1.165, 1.54) is 0 Å². The number of hydrogen-bond donors (Lipinski definition) is 2. The zero-order valence-electron chi connectivity index (χ0n) is 34.5. The summed E-state index contributed by atoms with van der Waals surface area (Å²) < 4.78 is 0. The summed E-state index contributed by atoms with van der Waals surface area (Å²) in [6.07, 6.45) is 16.8. The van der Waals surface area contributed by atoms with Gasteiger partial charge in [-0.25, -0.2) is 9.97 Å². The molecular weight excluding hydrogens is 725 g/mol. The highest BCUT2D eigenvalue weighted by Gasteiger charge is 2.36. The fourth-order valence-corrected chi connectivity index (χ4v) is 8.25. The van der Waals surface area contributed by atoms with Crippen molar-refractivity contribution in [1.29, 1.82) is 0 Å². The van der Waals surface area contributed by atoms with Gasteiger partial charge < -0.3 is 9.97 Å². The Kier molecular flexibility index (Phi) is 12.2. The molecule has 0 saturated heterocycles. The molecule has 0 aromatic carbocycles. The summed E-state index contributed by atoms with van der Waals surface area (Å²) in [7, 11) is 0. The maximum atomic E-state index is 12.9. The minimum Gasteiger partial charge on any atom is -0.360 e. The third kappa shape index (κ3) is 8.76. The number of aromatic amines is 2. The molecule has 6 heterocycles. The first-order valence-electron chi connectivity index (χ1n) is 21.0. The van der Waals surface area contributed by atoms with Crippen LogP contribution in [-0.2, 0) is 0 Å². The molecular formula is C48H54N6O4. The van der Waals surface area contributed by atoms with E-state index in [-0.39, 0.29) is 35.0 Å². The second kappa shape index (κ2) is 17.5. The van der Waals surface area contributed by atoms with E-state index in [9.17, 15) is 19.2 Å². The normalized spacial score (nSPS) is 19.3. The molecule has 6 aromatic rings. The monoisotopic (exact) mass is 778 g/mol. The number of rotatable bonds is 16. The first-order chi connectivity index (χ1) is 28.0. The SMILES string of the molecule is CCC(=O)c1cc(C(=O)C[C@H]2C[C@@H]2C)cc(C(CC)c2cncc3[nH]ccc23)n1.CCC(=O)c1cc(C(=O)C[C@H]2C[C@@H]2C)cc(C(CC)c2cncc3[nH]ccc23)n1. The van der Waals surface area contributed by atoms with Crippen LogP contribution >= 0.6 is 0 Å². The van der Waals surface area contributed by atoms with Crippen molar-refractivity contribution in [2.24, 2.45) is 23.7 Å². The average Bonchev–Trinajstić information content (AvgIpc) is 3.91. The largest absolute Gasteiger partial charge is 0.360 e. The lowest BCUT2D eigenvalue weighted by atomic mass is 9.90. The van der Waals surface area contributed by atoms with E-state index >= 15 is 0 Å². The first kappa shape index (κ1) is 40.6. The standard InChI is InChI=1S/2C24H27N3O2/c2*1-4-17(19-12-25-13-22-18(19)6-7-26-22)20-9-16(10-21(27-20)23(28)5-2)24(29)11-15-8-14(15)3/h2*6-7,9-10,12-15,17,26H,4-5,8,11H2,1-3H3/t2*14-,15+,17?/m00/s1. The van der Waals surface area contributed by atoms with Crippen LogP contribution in [0.2, 0.25) is 0 Å². The number of nitrogens with zero attached hydrogens (tertiary/aromatic N) is 4. The summed E-state index contributed by atoms with van der Waals surface area (Å²) in [6, 6.07) is 11.2. The van der Waals surface area contributed by atoms with Crippen molar-refractivity contribution in [3.63, 3.8) is 0 Å². The number of pyridine rings is 4. The third-order valence-corrected chi connectivity index (χ3v) is 12.3. The van der Waals surface area contributed by atoms with Crippen molar-refractivity contribution in [2.75, 3.05) is 0 Å². The molecule has 10 heteroatoms. The molecule has 2 saturated carbocycles. The highest BCUT2D eigenvalue weighted by atomic mass is 16.1. The van der Waals surface area contributed by atoms with E-state index in [1.807, 2.05) is 75.3 Å². The molecule has 2 unspecified atom stereocenters. The van der Waals surface area contributed by atoms with Gasteiger partial charge in [-0.15, -0.1) is 0 Å². The quantitative estimate of drug-likeness (QED) is 0.0921. The number of aromatic nitrogens is 6. The third-order valence-electron chi connectivity index (χ3n) is 12.3. The van der Waals surface area contributed by atoms with Crippen LogP contribution in [0.5, 0.6) is 0 Å². The summed E-state index contributed by atoms with van der Waals surface area (Å²) in [6.45, 7) is 12.2. The zero-order valence-corrected chi connectivity index (χ0v) is 34.5. The average molecular weight is 779 g/mol. The van der Waals surface area contributed by atoms with Gasteiger partial charge in [-0.1, -0.05) is 41.5 Å². The predicted molar refractivity (Wildman–Crippen MR) is 227 cm³/mol. The Hall–Kier alpha value is -5.64. The van der Waals surface area contributed by atoms with Gasteiger partial charge in [0.25, 0.3) is 0 Å². The van der Waals surface area contributed by atoms with E-state index in [1.54, 1.807) is 12.1 Å². The molecule has 10 nitrogen and oxygen atoms in total. The molecule has 0 bridgehead atoms. The number of ketones is 4. The predicted octanol–water partition coefficient (Wildman–Crippen LogP) is 10.6. The van der Waals surface area contributed by atoms with Crippen molar-refractivity contribution < 1.29 is 19.2 Å². The fourth-order valence-electron chi connectivity index (χ4n) is 8.25. The number of carbonyl (C=O) groups excluding carboxylic acids is 4. The van der Waals surface area contributed by atoms with Crippen molar-refractivity contribution in [3.8, 4) is 0 Å². The van der Waals surface area contributed by atoms with Gasteiger partial charge in [0.1, 0.15) is 11.4 Å². The molecule has 0 aliphatic heterocycles. The summed E-state index contributed by atoms with van der Waals surface area (Å²) in [5.41, 5.74) is 7.63. The van der Waals surface area contributed by atoms with E-state index < -0.39 is 0 Å². The van der Waals surface area contributed by atoms with Crippen molar-refractivity contribution in [3.05, 3.63) is 119 Å². The van der Waals surface area contributed by atoms with Gasteiger partial charge >= 0.3 is 0 Å². The molecule has 0 spiro atoms. The van der Waals surface area contributed by atoms with Crippen LogP contribution in [0, 0.1) is 23.7 Å². The molecule has 2 fully saturated rings. The highest BCUT2D eigenvalue weighted by molar-refractivity contribution is 6.01. The summed E-state index contributed by atoms with van der Waals surface area (Å²) in [5.74, 6) is 2.30. The van der Waals surface area contributed by atoms with Gasteiger partial charge in [-0.05, 0) is 96.9 Å². The smallest absolute Gasteiger partial charge is 0.180 e. The van der Waals surface area contributed by atoms with Crippen LogP contribution in [0.1, 0.15) is 169 Å². The van der Waals surface area contributed by atoms with Gasteiger partial charge in [-0.2, -0.15) is 0 Å². The van der Waals surface area contributed by atoms with Gasteiger partial charge in [0.05, 0.1) is 23.4 Å². The number of Topliss-reactive ketones (excluding diaryl/α,β-unsaturated/α-hetero) is 4. The van der Waals surface area contributed by atoms with Crippen molar-refractivity contribution in [2.45, 2.75) is 105 Å². The Balaban J connectivity index is 0.000000177. The molecule has 2 aliphatic carbocycles. The molecule has 8 rings (SSSR count). The Morgan fingerprint density at radius 2 is 1.00 bits per heavy atom. The molecule has 2 aliphatic rings. The van der Waals surface area contributed by atoms with Crippen LogP contribution in [0.15, 0.2) is 73.6 Å². The van der Waals surface area contributed by atoms with E-state index in [0.717, 1.165) is 70.0 Å². The van der Waals surface area contributed by atoms with Gasteiger partial charge in [0, 0.05) is 95.6 Å². The lowest BCUT2D eigenvalue weighted by Gasteiger charge is -2.18. The second-order valence-electron chi connectivity index (χ2n) is 16.3. The number of nitrogens with one attached hydrogen (secondary N) is 2. The summed E-state index contributed by atoms with van der Waals surface area (Å²) in [5, 5.41) is 2.20. The van der Waals surface area contributed by atoms with E-state index in [0.29, 0.717) is 71.9 Å². The number of fused-ring (bicyclic) bond motifs is 2. The maximum Gasteiger partial charge on any atom is 0.180 e. The molecule has 0 radical (unpaired) electrons. The van der Waals surface area contributed by atoms with E-state index in [2.05, 4.69) is 47.6 Å². The number of hydrogen-bond acceptors (Lipinski definition) is 8. The van der Waals surface area contributed by atoms with Crippen molar-refractivity contribution in [1.82, 2.24) is 29.9 Å². The van der Waals surface area contributed by atoms with Crippen LogP contribution in [0.25, 0.3) is 21.8 Å². The molecule has 300 valence electrons. The highest BCUT2D eigenvalue weighted by Crippen LogP contribution is 2.42. The van der Waals surface area contributed by atoms with Crippen LogP contribution in [-0.4, -0.2) is 53.0 Å². The summed E-state index contributed by atoms with van der Waals surface area (Å²) in [4.78, 5) is 75.3. The van der Waals surface area contributed by atoms with Crippen LogP contribution < -0.4 is 0 Å². The number of H-pyrrole nitrogens is 2. The Labute approximate surface area is 340 Å². The van der Waals surface area contributed by atoms with Gasteiger partial charge in [0.2, 0.25) is 0 Å². The Bertz CT molecular complexity index is 2310.